The molecule has 3 N–H and O–H groups in total. The molecule has 0 bridgehead atoms. The van der Waals surface area contributed by atoms with Crippen molar-refractivity contribution in [2.75, 3.05) is 11.1 Å². The monoisotopic (exact) mass is 358 g/mol. The lowest BCUT2D eigenvalue weighted by Crippen LogP contribution is -2.21. The zero-order valence-electron chi connectivity index (χ0n) is 16.5. The van der Waals surface area contributed by atoms with Crippen LogP contribution in [0, 0.1) is 0 Å². The van der Waals surface area contributed by atoms with Crippen LogP contribution in [0.15, 0.2) is 6.07 Å². The van der Waals surface area contributed by atoms with Crippen LogP contribution in [0.5, 0.6) is 0 Å². The Labute approximate surface area is 159 Å². The second kappa shape index (κ2) is 10.7. The standard InChI is InChI=1S/C22H38N4/c23-20-17-21(24-19-15-11-7-3-4-8-12-16-19)26-22(25-20)18-13-9-5-1-2-6-10-14-18/h17-19H,1-16H2,(H3,23,24,25,26). The van der Waals surface area contributed by atoms with Gasteiger partial charge in [0.25, 0.3) is 0 Å². The summed E-state index contributed by atoms with van der Waals surface area (Å²) in [6.45, 7) is 0. The van der Waals surface area contributed by atoms with E-state index in [4.69, 9.17) is 10.7 Å². The lowest BCUT2D eigenvalue weighted by molar-refractivity contribution is 0.515. The second-order valence-corrected chi connectivity index (χ2v) is 8.47. The fourth-order valence-corrected chi connectivity index (χ4v) is 4.62. The molecule has 26 heavy (non-hydrogen) atoms. The van der Waals surface area contributed by atoms with Gasteiger partial charge in [-0.2, -0.15) is 0 Å². The van der Waals surface area contributed by atoms with Crippen molar-refractivity contribution in [2.24, 2.45) is 0 Å². The SMILES string of the molecule is Nc1cc(NC2CCCCCCCC2)nc(C2CCCCCCCC2)n1. The Morgan fingerprint density at radius 2 is 1.19 bits per heavy atom. The highest BCUT2D eigenvalue weighted by Gasteiger charge is 2.18. The Balaban J connectivity index is 1.67. The van der Waals surface area contributed by atoms with Gasteiger partial charge in [-0.25, -0.2) is 9.97 Å². The average molecular weight is 359 g/mol. The summed E-state index contributed by atoms with van der Waals surface area (Å²) in [5, 5.41) is 3.71. The van der Waals surface area contributed by atoms with Crippen molar-refractivity contribution in [3.63, 3.8) is 0 Å². The fourth-order valence-electron chi connectivity index (χ4n) is 4.62. The maximum atomic E-state index is 6.16. The number of aromatic nitrogens is 2. The summed E-state index contributed by atoms with van der Waals surface area (Å²) >= 11 is 0. The maximum absolute atomic E-state index is 6.16. The van der Waals surface area contributed by atoms with Crippen LogP contribution >= 0.6 is 0 Å². The van der Waals surface area contributed by atoms with Gasteiger partial charge in [-0.05, 0) is 25.7 Å². The molecule has 0 unspecified atom stereocenters. The van der Waals surface area contributed by atoms with Crippen LogP contribution in [0.25, 0.3) is 0 Å². The lowest BCUT2D eigenvalue weighted by atomic mass is 9.96. The maximum Gasteiger partial charge on any atom is 0.136 e. The third-order valence-corrected chi connectivity index (χ3v) is 6.19. The molecule has 1 aromatic heterocycles. The number of nitrogens with zero attached hydrogens (tertiary/aromatic N) is 2. The molecule has 0 aromatic carbocycles. The van der Waals surface area contributed by atoms with Gasteiger partial charge in [-0.3, -0.25) is 0 Å². The first-order chi connectivity index (χ1) is 12.8. The normalized spacial score (nSPS) is 22.3. The molecule has 146 valence electrons. The molecule has 2 aliphatic rings. The summed E-state index contributed by atoms with van der Waals surface area (Å²) < 4.78 is 0. The first kappa shape index (κ1) is 19.4. The van der Waals surface area contributed by atoms with Crippen molar-refractivity contribution in [1.29, 1.82) is 0 Å². The molecule has 0 spiro atoms. The van der Waals surface area contributed by atoms with E-state index in [0.29, 0.717) is 17.8 Å². The van der Waals surface area contributed by atoms with Gasteiger partial charge >= 0.3 is 0 Å². The van der Waals surface area contributed by atoms with Crippen molar-refractivity contribution >= 4 is 11.6 Å². The molecule has 0 radical (unpaired) electrons. The van der Waals surface area contributed by atoms with Gasteiger partial charge in [-0.1, -0.05) is 77.0 Å². The number of hydrogen-bond donors (Lipinski definition) is 2. The molecular weight excluding hydrogens is 320 g/mol. The van der Waals surface area contributed by atoms with Gasteiger partial charge in [0.1, 0.15) is 17.5 Å². The van der Waals surface area contributed by atoms with Gasteiger partial charge in [0.05, 0.1) is 0 Å². The Hall–Kier alpha value is -1.32. The highest BCUT2D eigenvalue weighted by atomic mass is 15.1. The van der Waals surface area contributed by atoms with Crippen molar-refractivity contribution in [2.45, 2.75) is 115 Å². The van der Waals surface area contributed by atoms with Crippen LogP contribution in [-0.2, 0) is 0 Å². The van der Waals surface area contributed by atoms with E-state index in [-0.39, 0.29) is 0 Å². The Bertz CT molecular complexity index is 511. The average Bonchev–Trinajstić information content (AvgIpc) is 2.84. The third kappa shape index (κ3) is 6.44. The summed E-state index contributed by atoms with van der Waals surface area (Å²) in [4.78, 5) is 9.56. The summed E-state index contributed by atoms with van der Waals surface area (Å²) in [7, 11) is 0. The smallest absolute Gasteiger partial charge is 0.136 e. The van der Waals surface area contributed by atoms with Crippen LogP contribution in [0.2, 0.25) is 0 Å². The van der Waals surface area contributed by atoms with E-state index in [1.807, 2.05) is 6.07 Å². The Morgan fingerprint density at radius 3 is 1.77 bits per heavy atom. The first-order valence-electron chi connectivity index (χ1n) is 11.2. The second-order valence-electron chi connectivity index (χ2n) is 8.47. The van der Waals surface area contributed by atoms with Gasteiger partial charge < -0.3 is 11.1 Å². The zero-order valence-corrected chi connectivity index (χ0v) is 16.5. The van der Waals surface area contributed by atoms with E-state index in [2.05, 4.69) is 10.3 Å². The molecule has 0 aliphatic heterocycles. The minimum absolute atomic E-state index is 0.484. The van der Waals surface area contributed by atoms with Gasteiger partial charge in [0.2, 0.25) is 0 Å². The highest BCUT2D eigenvalue weighted by molar-refractivity contribution is 5.45. The van der Waals surface area contributed by atoms with Crippen molar-refractivity contribution in [3.05, 3.63) is 11.9 Å². The number of rotatable bonds is 3. The van der Waals surface area contributed by atoms with Crippen LogP contribution < -0.4 is 11.1 Å². The molecule has 2 aliphatic carbocycles. The summed E-state index contributed by atoms with van der Waals surface area (Å²) in [6.07, 6.45) is 21.2. The van der Waals surface area contributed by atoms with E-state index in [9.17, 15) is 0 Å². The predicted octanol–water partition coefficient (Wildman–Crippen LogP) is 6.19. The molecule has 4 heteroatoms. The largest absolute Gasteiger partial charge is 0.384 e. The highest BCUT2D eigenvalue weighted by Crippen LogP contribution is 2.30. The van der Waals surface area contributed by atoms with Gasteiger partial charge in [0, 0.05) is 18.0 Å². The minimum atomic E-state index is 0.484. The number of nitrogens with one attached hydrogen (secondary N) is 1. The molecule has 1 heterocycles. The molecular formula is C22H38N4. The molecule has 0 saturated heterocycles. The molecule has 3 rings (SSSR count). The Morgan fingerprint density at radius 1 is 0.692 bits per heavy atom. The fraction of sp³-hybridized carbons (Fsp3) is 0.818. The molecule has 2 saturated carbocycles. The zero-order chi connectivity index (χ0) is 18.0. The van der Waals surface area contributed by atoms with Crippen LogP contribution in [0.1, 0.15) is 114 Å². The van der Waals surface area contributed by atoms with Crippen LogP contribution in [-0.4, -0.2) is 16.0 Å². The number of nitrogen functional groups attached to an aromatic ring is 1. The first-order valence-corrected chi connectivity index (χ1v) is 11.2. The van der Waals surface area contributed by atoms with Crippen LogP contribution in [0.3, 0.4) is 0 Å². The predicted molar refractivity (Wildman–Crippen MR) is 110 cm³/mol. The topological polar surface area (TPSA) is 63.8 Å². The Kier molecular flexibility index (Phi) is 8.03. The van der Waals surface area contributed by atoms with Gasteiger partial charge in [-0.15, -0.1) is 0 Å². The quantitative estimate of drug-likeness (QED) is 0.676. The minimum Gasteiger partial charge on any atom is -0.384 e. The van der Waals surface area contributed by atoms with Crippen molar-refractivity contribution < 1.29 is 0 Å². The van der Waals surface area contributed by atoms with Crippen LogP contribution in [0.4, 0.5) is 11.6 Å². The molecule has 1 aromatic rings. The molecule has 2 fully saturated rings. The van der Waals surface area contributed by atoms with E-state index in [1.54, 1.807) is 0 Å². The summed E-state index contributed by atoms with van der Waals surface area (Å²) in [5.74, 6) is 3.05. The van der Waals surface area contributed by atoms with Crippen molar-refractivity contribution in [1.82, 2.24) is 9.97 Å². The summed E-state index contributed by atoms with van der Waals surface area (Å²) in [5.41, 5.74) is 6.16. The third-order valence-electron chi connectivity index (χ3n) is 6.19. The summed E-state index contributed by atoms with van der Waals surface area (Å²) in [6, 6.07) is 2.47. The molecule has 0 atom stereocenters. The number of hydrogen-bond acceptors (Lipinski definition) is 4. The lowest BCUT2D eigenvalue weighted by Gasteiger charge is -2.21. The van der Waals surface area contributed by atoms with E-state index in [1.165, 1.54) is 103 Å². The van der Waals surface area contributed by atoms with E-state index in [0.717, 1.165) is 11.6 Å². The number of anilines is 2. The molecule has 0 amide bonds. The van der Waals surface area contributed by atoms with Crippen molar-refractivity contribution in [3.8, 4) is 0 Å². The van der Waals surface area contributed by atoms with E-state index >= 15 is 0 Å². The number of nitrogens with two attached hydrogens (primary N) is 1. The van der Waals surface area contributed by atoms with E-state index < -0.39 is 0 Å². The van der Waals surface area contributed by atoms with Gasteiger partial charge in [0.15, 0.2) is 0 Å². The molecule has 4 nitrogen and oxygen atoms in total.